The van der Waals surface area contributed by atoms with E-state index in [0.717, 1.165) is 24.2 Å². The number of rotatable bonds is 4. The van der Waals surface area contributed by atoms with Crippen LogP contribution in [0.15, 0.2) is 24.3 Å². The lowest BCUT2D eigenvalue weighted by Crippen LogP contribution is -2.15. The van der Waals surface area contributed by atoms with Gasteiger partial charge < -0.3 is 5.73 Å². The molecule has 1 heterocycles. The van der Waals surface area contributed by atoms with Gasteiger partial charge in [0, 0.05) is 24.3 Å². The van der Waals surface area contributed by atoms with Crippen LogP contribution in [0.2, 0.25) is 0 Å². The van der Waals surface area contributed by atoms with E-state index in [0.29, 0.717) is 0 Å². The van der Waals surface area contributed by atoms with Crippen LogP contribution in [-0.2, 0) is 19.9 Å². The lowest BCUT2D eigenvalue weighted by molar-refractivity contribution is 0.700. The molecule has 3 nitrogen and oxygen atoms in total. The summed E-state index contributed by atoms with van der Waals surface area (Å²) in [6.07, 6.45) is 1.94. The maximum Gasteiger partial charge on any atom is 0.0644 e. The Labute approximate surface area is 115 Å². The summed E-state index contributed by atoms with van der Waals surface area (Å²) in [5.74, 6) is 0. The molecule has 0 fully saturated rings. The van der Waals surface area contributed by atoms with Gasteiger partial charge in [0.25, 0.3) is 0 Å². The molecule has 0 spiro atoms. The van der Waals surface area contributed by atoms with Crippen LogP contribution in [0.4, 0.5) is 0 Å². The molecule has 0 aliphatic heterocycles. The number of aryl methyl sites for hydroxylation is 3. The Kier molecular flexibility index (Phi) is 4.05. The zero-order chi connectivity index (χ0) is 14.0. The van der Waals surface area contributed by atoms with Crippen molar-refractivity contribution in [3.05, 3.63) is 52.3 Å². The van der Waals surface area contributed by atoms with Gasteiger partial charge in [0.05, 0.1) is 5.69 Å². The van der Waals surface area contributed by atoms with Crippen LogP contribution in [-0.4, -0.2) is 9.78 Å². The van der Waals surface area contributed by atoms with Crippen molar-refractivity contribution in [2.45, 2.75) is 39.7 Å². The first kappa shape index (κ1) is 13.8. The molecule has 2 aromatic rings. The Balaban J connectivity index is 2.18. The first-order chi connectivity index (χ1) is 9.02. The van der Waals surface area contributed by atoms with Crippen LogP contribution in [0.25, 0.3) is 0 Å². The molecule has 1 atom stereocenters. The highest BCUT2D eigenvalue weighted by Gasteiger charge is 2.16. The highest BCUT2D eigenvalue weighted by molar-refractivity contribution is 5.31. The molecule has 102 valence electrons. The fourth-order valence-electron chi connectivity index (χ4n) is 2.59. The predicted molar refractivity (Wildman–Crippen MR) is 79.1 cm³/mol. The van der Waals surface area contributed by atoms with Gasteiger partial charge in [0.15, 0.2) is 0 Å². The number of aromatic nitrogens is 2. The van der Waals surface area contributed by atoms with Gasteiger partial charge in [-0.1, -0.05) is 31.2 Å². The Bertz CT molecular complexity index is 552. The Morgan fingerprint density at radius 3 is 2.21 bits per heavy atom. The molecule has 0 amide bonds. The van der Waals surface area contributed by atoms with Crippen LogP contribution >= 0.6 is 0 Å². The zero-order valence-electron chi connectivity index (χ0n) is 12.3. The molecule has 0 saturated heterocycles. The van der Waals surface area contributed by atoms with Crippen molar-refractivity contribution in [3.8, 4) is 0 Å². The molecule has 2 N–H and O–H groups in total. The van der Waals surface area contributed by atoms with Crippen LogP contribution in [0.1, 0.15) is 41.0 Å². The summed E-state index contributed by atoms with van der Waals surface area (Å²) in [6.45, 7) is 6.28. The molecule has 1 aromatic carbocycles. The van der Waals surface area contributed by atoms with Gasteiger partial charge in [-0.15, -0.1) is 0 Å². The van der Waals surface area contributed by atoms with Crippen molar-refractivity contribution < 1.29 is 0 Å². The maximum atomic E-state index is 6.36. The fraction of sp³-hybridized carbons (Fsp3) is 0.438. The molecule has 19 heavy (non-hydrogen) atoms. The quantitative estimate of drug-likeness (QED) is 0.915. The molecule has 0 saturated carbocycles. The summed E-state index contributed by atoms with van der Waals surface area (Å²) in [6, 6.07) is 8.75. The van der Waals surface area contributed by atoms with Crippen molar-refractivity contribution in [2.75, 3.05) is 0 Å². The summed E-state index contributed by atoms with van der Waals surface area (Å²) in [7, 11) is 1.97. The minimum absolute atomic E-state index is 0.0150. The third-order valence-corrected chi connectivity index (χ3v) is 3.82. The Morgan fingerprint density at radius 2 is 1.74 bits per heavy atom. The molecule has 0 aliphatic rings. The lowest BCUT2D eigenvalue weighted by atomic mass is 9.97. The average molecular weight is 257 g/mol. The van der Waals surface area contributed by atoms with Gasteiger partial charge >= 0.3 is 0 Å². The first-order valence-electron chi connectivity index (χ1n) is 6.86. The number of nitrogens with two attached hydrogens (primary N) is 1. The van der Waals surface area contributed by atoms with E-state index in [4.69, 9.17) is 5.73 Å². The van der Waals surface area contributed by atoms with E-state index < -0.39 is 0 Å². The van der Waals surface area contributed by atoms with Gasteiger partial charge in [-0.25, -0.2) is 0 Å². The van der Waals surface area contributed by atoms with Crippen LogP contribution in [0.3, 0.4) is 0 Å². The Hall–Kier alpha value is -1.61. The highest BCUT2D eigenvalue weighted by Crippen LogP contribution is 2.22. The number of benzene rings is 1. The summed E-state index contributed by atoms with van der Waals surface area (Å²) >= 11 is 0. The van der Waals surface area contributed by atoms with E-state index in [1.807, 2.05) is 18.7 Å². The third kappa shape index (κ3) is 2.87. The lowest BCUT2D eigenvalue weighted by Gasteiger charge is -2.13. The van der Waals surface area contributed by atoms with E-state index in [2.05, 4.69) is 43.2 Å². The second-order valence-electron chi connectivity index (χ2n) is 5.19. The van der Waals surface area contributed by atoms with E-state index in [9.17, 15) is 0 Å². The number of hydrogen-bond donors (Lipinski definition) is 1. The van der Waals surface area contributed by atoms with Gasteiger partial charge in [-0.05, 0) is 37.8 Å². The minimum atomic E-state index is 0.0150. The van der Waals surface area contributed by atoms with E-state index >= 15 is 0 Å². The topological polar surface area (TPSA) is 43.8 Å². The van der Waals surface area contributed by atoms with Crippen LogP contribution < -0.4 is 5.73 Å². The second-order valence-corrected chi connectivity index (χ2v) is 5.19. The van der Waals surface area contributed by atoms with Crippen molar-refractivity contribution in [1.29, 1.82) is 0 Å². The molecule has 2 rings (SSSR count). The van der Waals surface area contributed by atoms with Crippen molar-refractivity contribution >= 4 is 0 Å². The summed E-state index contributed by atoms with van der Waals surface area (Å²) in [5, 5.41) is 4.44. The van der Waals surface area contributed by atoms with Crippen molar-refractivity contribution in [2.24, 2.45) is 12.8 Å². The fourth-order valence-corrected chi connectivity index (χ4v) is 2.59. The number of hydrogen-bond acceptors (Lipinski definition) is 2. The minimum Gasteiger partial charge on any atom is -0.324 e. The molecule has 0 aliphatic carbocycles. The molecular formula is C16H23N3. The highest BCUT2D eigenvalue weighted by atomic mass is 15.3. The Morgan fingerprint density at radius 1 is 1.16 bits per heavy atom. The first-order valence-corrected chi connectivity index (χ1v) is 6.86. The molecule has 3 heteroatoms. The SMILES string of the molecule is CCc1ccc(CC(N)c2c(C)nn(C)c2C)cc1. The average Bonchev–Trinajstić information content (AvgIpc) is 2.64. The maximum absolute atomic E-state index is 6.36. The molecule has 0 radical (unpaired) electrons. The standard InChI is InChI=1S/C16H23N3/c1-5-13-6-8-14(9-7-13)10-15(17)16-11(2)18-19(4)12(16)3/h6-9,15H,5,10,17H2,1-4H3. The van der Waals surface area contributed by atoms with E-state index in [1.165, 1.54) is 16.7 Å². The van der Waals surface area contributed by atoms with Gasteiger partial charge in [0.1, 0.15) is 0 Å². The monoisotopic (exact) mass is 257 g/mol. The summed E-state index contributed by atoms with van der Waals surface area (Å²) in [5.41, 5.74) is 12.4. The second kappa shape index (κ2) is 5.57. The van der Waals surface area contributed by atoms with Gasteiger partial charge in [0.2, 0.25) is 0 Å². The van der Waals surface area contributed by atoms with Crippen LogP contribution in [0.5, 0.6) is 0 Å². The zero-order valence-corrected chi connectivity index (χ0v) is 12.3. The largest absolute Gasteiger partial charge is 0.324 e. The van der Waals surface area contributed by atoms with E-state index in [-0.39, 0.29) is 6.04 Å². The van der Waals surface area contributed by atoms with Gasteiger partial charge in [-0.3, -0.25) is 4.68 Å². The van der Waals surface area contributed by atoms with E-state index in [1.54, 1.807) is 0 Å². The van der Waals surface area contributed by atoms with Crippen LogP contribution in [0, 0.1) is 13.8 Å². The summed E-state index contributed by atoms with van der Waals surface area (Å²) in [4.78, 5) is 0. The molecule has 1 aromatic heterocycles. The normalized spacial score (nSPS) is 12.7. The predicted octanol–water partition coefficient (Wildman–Crippen LogP) is 2.84. The number of nitrogens with zero attached hydrogens (tertiary/aromatic N) is 2. The summed E-state index contributed by atoms with van der Waals surface area (Å²) < 4.78 is 1.91. The third-order valence-electron chi connectivity index (χ3n) is 3.82. The van der Waals surface area contributed by atoms with Crippen molar-refractivity contribution in [3.63, 3.8) is 0 Å². The molecule has 0 bridgehead atoms. The van der Waals surface area contributed by atoms with Crippen molar-refractivity contribution in [1.82, 2.24) is 9.78 Å². The smallest absolute Gasteiger partial charge is 0.0644 e. The molecule has 1 unspecified atom stereocenters. The molecular weight excluding hydrogens is 234 g/mol. The van der Waals surface area contributed by atoms with Gasteiger partial charge in [-0.2, -0.15) is 5.10 Å².